The van der Waals surface area contributed by atoms with E-state index >= 15 is 0 Å². The molecule has 2 heterocycles. The van der Waals surface area contributed by atoms with Crippen LogP contribution in [0.5, 0.6) is 5.88 Å². The van der Waals surface area contributed by atoms with E-state index in [4.69, 9.17) is 4.74 Å². The molecule has 0 bridgehead atoms. The molecule has 0 spiro atoms. The highest BCUT2D eigenvalue weighted by Gasteiger charge is 2.36. The van der Waals surface area contributed by atoms with Crippen molar-refractivity contribution in [2.24, 2.45) is 0 Å². The molecule has 0 saturated heterocycles. The average Bonchev–Trinajstić information content (AvgIpc) is 2.98. The summed E-state index contributed by atoms with van der Waals surface area (Å²) < 4.78 is 7.26. The molecule has 1 aliphatic heterocycles. The second kappa shape index (κ2) is 5.84. The number of aliphatic hydroxyl groups is 1. The summed E-state index contributed by atoms with van der Waals surface area (Å²) in [6.45, 7) is 1.88. The van der Waals surface area contributed by atoms with Crippen LogP contribution in [0.3, 0.4) is 0 Å². The fraction of sp³-hybridized carbons (Fsp3) is 0.100. The number of nitrogens with zero attached hydrogens (tertiary/aromatic N) is 3. The molecule has 25 heavy (non-hydrogen) atoms. The third kappa shape index (κ3) is 2.36. The number of fused-ring (bicyclic) bond motifs is 1. The smallest absolute Gasteiger partial charge is 0.298 e. The summed E-state index contributed by atoms with van der Waals surface area (Å²) in [5.74, 6) is -0.345. The number of para-hydroxylation sites is 1. The van der Waals surface area contributed by atoms with E-state index in [0.29, 0.717) is 5.88 Å². The minimum absolute atomic E-state index is 0.189. The van der Waals surface area contributed by atoms with Gasteiger partial charge in [0, 0.05) is 0 Å². The highest BCUT2D eigenvalue weighted by atomic mass is 16.6. The average molecular weight is 329 g/mol. The van der Waals surface area contributed by atoms with Crippen molar-refractivity contribution in [2.75, 3.05) is 0 Å². The molecular weight excluding hydrogens is 314 g/mol. The number of rotatable bonds is 2. The second-order valence-electron chi connectivity index (χ2n) is 5.83. The summed E-state index contributed by atoms with van der Waals surface area (Å²) in [5, 5.41) is 24.5. The van der Waals surface area contributed by atoms with Crippen LogP contribution in [0.1, 0.15) is 22.7 Å². The second-order valence-corrected chi connectivity index (χ2v) is 5.83. The number of benzene rings is 2. The summed E-state index contributed by atoms with van der Waals surface area (Å²) >= 11 is 0. The minimum Gasteiger partial charge on any atom is -0.480 e. The molecule has 5 nitrogen and oxygen atoms in total. The molecule has 1 atom stereocenters. The van der Waals surface area contributed by atoms with Gasteiger partial charge in [0.1, 0.15) is 11.6 Å². The summed E-state index contributed by atoms with van der Waals surface area (Å²) in [7, 11) is 0. The normalized spacial score (nSPS) is 16.1. The van der Waals surface area contributed by atoms with Gasteiger partial charge in [-0.15, -0.1) is 0 Å². The standard InChI is InChI=1S/C20H15N3O2/c1-13-17-18(14-8-4-2-5-9-14)16(12-21)20(24)25-19(17)23(22-13)15-10-6-3-7-11-15/h2-11,18,24H,1H3/t18-/m0/s1. The van der Waals surface area contributed by atoms with Crippen LogP contribution in [-0.4, -0.2) is 14.9 Å². The van der Waals surface area contributed by atoms with Gasteiger partial charge in [0.05, 0.1) is 22.9 Å². The Morgan fingerprint density at radius 2 is 1.72 bits per heavy atom. The monoisotopic (exact) mass is 329 g/mol. The Labute approximate surface area is 145 Å². The van der Waals surface area contributed by atoms with Crippen LogP contribution in [0, 0.1) is 18.3 Å². The lowest BCUT2D eigenvalue weighted by Gasteiger charge is -2.23. The molecule has 0 unspecified atom stereocenters. The molecule has 5 heteroatoms. The number of hydrogen-bond acceptors (Lipinski definition) is 4. The Balaban J connectivity index is 1.97. The van der Waals surface area contributed by atoms with Crippen LogP contribution in [0.25, 0.3) is 5.69 Å². The van der Waals surface area contributed by atoms with Gasteiger partial charge in [-0.2, -0.15) is 10.4 Å². The van der Waals surface area contributed by atoms with Gasteiger partial charge in [-0.3, -0.25) is 0 Å². The van der Waals surface area contributed by atoms with Crippen molar-refractivity contribution in [2.45, 2.75) is 12.8 Å². The summed E-state index contributed by atoms with van der Waals surface area (Å²) in [4.78, 5) is 0. The van der Waals surface area contributed by atoms with Crippen molar-refractivity contribution in [1.82, 2.24) is 9.78 Å². The predicted molar refractivity (Wildman–Crippen MR) is 92.5 cm³/mol. The van der Waals surface area contributed by atoms with Crippen molar-refractivity contribution in [1.29, 1.82) is 5.26 Å². The van der Waals surface area contributed by atoms with Crippen molar-refractivity contribution in [3.8, 4) is 17.6 Å². The van der Waals surface area contributed by atoms with E-state index in [1.54, 1.807) is 4.68 Å². The zero-order valence-electron chi connectivity index (χ0n) is 13.5. The Hall–Kier alpha value is -3.52. The number of allylic oxidation sites excluding steroid dienone is 1. The summed E-state index contributed by atoms with van der Waals surface area (Å²) in [5.41, 5.74) is 3.48. The molecule has 1 aliphatic rings. The number of aryl methyl sites for hydroxylation is 1. The third-order valence-corrected chi connectivity index (χ3v) is 4.32. The Bertz CT molecular complexity index is 999. The summed E-state index contributed by atoms with van der Waals surface area (Å²) in [6, 6.07) is 21.3. The molecule has 3 aromatic rings. The van der Waals surface area contributed by atoms with E-state index in [2.05, 4.69) is 11.2 Å². The lowest BCUT2D eigenvalue weighted by Crippen LogP contribution is -2.17. The molecule has 1 N–H and O–H groups in total. The molecular formula is C20H15N3O2. The van der Waals surface area contributed by atoms with E-state index in [0.717, 1.165) is 22.5 Å². The minimum atomic E-state index is -0.410. The Morgan fingerprint density at radius 3 is 2.36 bits per heavy atom. The zero-order chi connectivity index (χ0) is 17.4. The van der Waals surface area contributed by atoms with Gasteiger partial charge in [0.2, 0.25) is 5.88 Å². The molecule has 0 saturated carbocycles. The first-order valence-corrected chi connectivity index (χ1v) is 7.91. The lowest BCUT2D eigenvalue weighted by atomic mass is 9.84. The molecule has 2 aromatic carbocycles. The first-order chi connectivity index (χ1) is 12.2. The van der Waals surface area contributed by atoms with Crippen LogP contribution in [0.2, 0.25) is 0 Å². The van der Waals surface area contributed by atoms with Crippen molar-refractivity contribution >= 4 is 0 Å². The van der Waals surface area contributed by atoms with Crippen LogP contribution in [-0.2, 0) is 0 Å². The Morgan fingerprint density at radius 1 is 1.08 bits per heavy atom. The van der Waals surface area contributed by atoms with Gasteiger partial charge in [-0.05, 0) is 24.6 Å². The summed E-state index contributed by atoms with van der Waals surface area (Å²) in [6.07, 6.45) is 0. The third-order valence-electron chi connectivity index (χ3n) is 4.32. The highest BCUT2D eigenvalue weighted by Crippen LogP contribution is 2.44. The fourth-order valence-electron chi connectivity index (χ4n) is 3.20. The maximum Gasteiger partial charge on any atom is 0.298 e. The molecule has 0 fully saturated rings. The SMILES string of the molecule is Cc1nn(-c2ccccc2)c2c1[C@@H](c1ccccc1)C(C#N)=C(O)O2. The van der Waals surface area contributed by atoms with Gasteiger partial charge in [0.15, 0.2) is 0 Å². The van der Waals surface area contributed by atoms with Crippen LogP contribution in [0.15, 0.2) is 72.2 Å². The molecule has 0 radical (unpaired) electrons. The van der Waals surface area contributed by atoms with E-state index in [1.165, 1.54) is 0 Å². The number of ether oxygens (including phenoxy) is 1. The van der Waals surface area contributed by atoms with Crippen molar-refractivity contribution in [3.63, 3.8) is 0 Å². The van der Waals surface area contributed by atoms with E-state index in [9.17, 15) is 10.4 Å². The first kappa shape index (κ1) is 15.0. The highest BCUT2D eigenvalue weighted by molar-refractivity contribution is 5.56. The number of nitriles is 1. The number of hydrogen-bond donors (Lipinski definition) is 1. The van der Waals surface area contributed by atoms with E-state index < -0.39 is 5.92 Å². The molecule has 0 amide bonds. The predicted octanol–water partition coefficient (Wildman–Crippen LogP) is 4.00. The molecule has 0 aliphatic carbocycles. The van der Waals surface area contributed by atoms with Gasteiger partial charge >= 0.3 is 0 Å². The maximum atomic E-state index is 10.3. The molecule has 4 rings (SSSR count). The van der Waals surface area contributed by atoms with E-state index in [1.807, 2.05) is 67.6 Å². The quantitative estimate of drug-likeness (QED) is 0.771. The first-order valence-electron chi connectivity index (χ1n) is 7.91. The van der Waals surface area contributed by atoms with E-state index in [-0.39, 0.29) is 11.5 Å². The molecule has 122 valence electrons. The Kier molecular flexibility index (Phi) is 3.51. The van der Waals surface area contributed by atoms with Crippen LogP contribution in [0.4, 0.5) is 0 Å². The van der Waals surface area contributed by atoms with Crippen molar-refractivity contribution in [3.05, 3.63) is 89.0 Å². The number of aromatic nitrogens is 2. The maximum absolute atomic E-state index is 10.3. The molecule has 1 aromatic heterocycles. The fourth-order valence-corrected chi connectivity index (χ4v) is 3.20. The zero-order valence-corrected chi connectivity index (χ0v) is 13.5. The van der Waals surface area contributed by atoms with Crippen LogP contribution >= 0.6 is 0 Å². The van der Waals surface area contributed by atoms with Gasteiger partial charge in [-0.1, -0.05) is 48.5 Å². The van der Waals surface area contributed by atoms with Gasteiger partial charge in [0.25, 0.3) is 5.95 Å². The number of aliphatic hydroxyl groups excluding tert-OH is 1. The largest absolute Gasteiger partial charge is 0.480 e. The lowest BCUT2D eigenvalue weighted by molar-refractivity contribution is 0.185. The van der Waals surface area contributed by atoms with Crippen LogP contribution < -0.4 is 4.74 Å². The van der Waals surface area contributed by atoms with Gasteiger partial charge in [-0.25, -0.2) is 4.68 Å². The van der Waals surface area contributed by atoms with Crippen molar-refractivity contribution < 1.29 is 9.84 Å². The van der Waals surface area contributed by atoms with Gasteiger partial charge < -0.3 is 9.84 Å². The topological polar surface area (TPSA) is 71.1 Å².